The second-order valence-electron chi connectivity index (χ2n) is 8.77. The second-order valence-corrected chi connectivity index (χ2v) is 12.3. The number of sulfonamides is 2. The monoisotopic (exact) mass is 561 g/mol. The van der Waals surface area contributed by atoms with E-state index >= 15 is 0 Å². The molecule has 0 saturated carbocycles. The van der Waals surface area contributed by atoms with Crippen LogP contribution in [-0.4, -0.2) is 49.3 Å². The van der Waals surface area contributed by atoms with Crippen LogP contribution in [0.3, 0.4) is 0 Å². The lowest BCUT2D eigenvalue weighted by Crippen LogP contribution is -2.45. The number of benzene rings is 3. The highest BCUT2D eigenvalue weighted by molar-refractivity contribution is 7.92. The van der Waals surface area contributed by atoms with E-state index in [2.05, 4.69) is 10.0 Å². The van der Waals surface area contributed by atoms with Gasteiger partial charge in [0.2, 0.25) is 15.9 Å². The lowest BCUT2D eigenvalue weighted by molar-refractivity contribution is -0.116. The highest BCUT2D eigenvalue weighted by Crippen LogP contribution is 2.31. The van der Waals surface area contributed by atoms with Crippen LogP contribution in [0.5, 0.6) is 11.5 Å². The molecule has 0 fully saturated rings. The van der Waals surface area contributed by atoms with Crippen molar-refractivity contribution >= 4 is 43.0 Å². The molecule has 0 aromatic heterocycles. The van der Waals surface area contributed by atoms with Gasteiger partial charge in [-0.05, 0) is 80.4 Å². The molecule has 0 saturated heterocycles. The Morgan fingerprint density at radius 3 is 2.00 bits per heavy atom. The Morgan fingerprint density at radius 1 is 0.868 bits per heavy atom. The summed E-state index contributed by atoms with van der Waals surface area (Å²) in [5.74, 6) is 0.176. The number of ether oxygens (including phenoxy) is 2. The smallest absolute Gasteiger partial charge is 0.262 e. The minimum absolute atomic E-state index is 0.0542. The van der Waals surface area contributed by atoms with E-state index in [0.717, 1.165) is 21.7 Å². The zero-order chi connectivity index (χ0) is 28.3. The van der Waals surface area contributed by atoms with Gasteiger partial charge in [-0.1, -0.05) is 6.07 Å². The van der Waals surface area contributed by atoms with Gasteiger partial charge in [-0.3, -0.25) is 13.8 Å². The lowest BCUT2D eigenvalue weighted by Gasteiger charge is -2.28. The summed E-state index contributed by atoms with van der Waals surface area (Å²) in [4.78, 5) is 13.0. The van der Waals surface area contributed by atoms with Crippen LogP contribution in [0.4, 0.5) is 17.1 Å². The number of anilines is 3. The first-order valence-corrected chi connectivity index (χ1v) is 14.8. The number of nitrogens with zero attached hydrogens (tertiary/aromatic N) is 1. The molecule has 3 rings (SSSR count). The molecule has 1 atom stereocenters. The Labute approximate surface area is 223 Å². The van der Waals surface area contributed by atoms with Gasteiger partial charge < -0.3 is 14.8 Å². The number of nitrogens with one attached hydrogen (secondary N) is 2. The Balaban J connectivity index is 1.80. The zero-order valence-corrected chi connectivity index (χ0v) is 23.6. The second kappa shape index (κ2) is 11.3. The number of hydrogen-bond donors (Lipinski definition) is 2. The van der Waals surface area contributed by atoms with Gasteiger partial charge in [0, 0.05) is 11.8 Å². The molecule has 0 heterocycles. The number of carbonyl (C=O) groups excluding carboxylic acids is 1. The number of rotatable bonds is 10. The van der Waals surface area contributed by atoms with Crippen LogP contribution in [0.1, 0.15) is 18.1 Å². The first kappa shape index (κ1) is 28.8. The van der Waals surface area contributed by atoms with Crippen molar-refractivity contribution < 1.29 is 31.1 Å². The molecule has 0 aliphatic rings. The van der Waals surface area contributed by atoms with Crippen LogP contribution in [0.25, 0.3) is 0 Å². The molecule has 0 spiro atoms. The highest BCUT2D eigenvalue weighted by Gasteiger charge is 2.29. The van der Waals surface area contributed by atoms with Crippen molar-refractivity contribution in [2.24, 2.45) is 0 Å². The van der Waals surface area contributed by atoms with Crippen LogP contribution >= 0.6 is 0 Å². The third kappa shape index (κ3) is 6.75. The maximum atomic E-state index is 13.0. The maximum Gasteiger partial charge on any atom is 0.262 e. The fourth-order valence-corrected chi connectivity index (χ4v) is 6.17. The van der Waals surface area contributed by atoms with Gasteiger partial charge in [0.15, 0.2) is 0 Å². The molecule has 3 aromatic rings. The molecule has 38 heavy (non-hydrogen) atoms. The molecule has 0 aliphatic heterocycles. The van der Waals surface area contributed by atoms with Crippen LogP contribution in [0, 0.1) is 13.8 Å². The van der Waals surface area contributed by atoms with Gasteiger partial charge in [0.1, 0.15) is 17.5 Å². The third-order valence-electron chi connectivity index (χ3n) is 5.63. The predicted octanol–water partition coefficient (Wildman–Crippen LogP) is 3.91. The van der Waals surface area contributed by atoms with Gasteiger partial charge in [-0.15, -0.1) is 0 Å². The van der Waals surface area contributed by atoms with Crippen molar-refractivity contribution in [3.63, 3.8) is 0 Å². The molecule has 0 radical (unpaired) electrons. The van der Waals surface area contributed by atoms with Crippen molar-refractivity contribution in [3.05, 3.63) is 71.8 Å². The summed E-state index contributed by atoms with van der Waals surface area (Å²) < 4.78 is 65.0. The van der Waals surface area contributed by atoms with Crippen molar-refractivity contribution in [3.8, 4) is 11.5 Å². The number of methoxy groups -OCH3 is 2. The maximum absolute atomic E-state index is 13.0. The molecule has 0 aliphatic carbocycles. The van der Waals surface area contributed by atoms with E-state index in [4.69, 9.17) is 9.47 Å². The average Bonchev–Trinajstić information content (AvgIpc) is 2.82. The van der Waals surface area contributed by atoms with Gasteiger partial charge in [-0.25, -0.2) is 16.8 Å². The van der Waals surface area contributed by atoms with Crippen LogP contribution in [0.2, 0.25) is 0 Å². The average molecular weight is 562 g/mol. The largest absolute Gasteiger partial charge is 0.497 e. The van der Waals surface area contributed by atoms with Crippen molar-refractivity contribution in [1.82, 2.24) is 0 Å². The molecule has 3 aromatic carbocycles. The van der Waals surface area contributed by atoms with E-state index in [1.165, 1.54) is 51.5 Å². The Hall–Kier alpha value is -3.77. The quantitative estimate of drug-likeness (QED) is 0.384. The minimum atomic E-state index is -4.00. The zero-order valence-electron chi connectivity index (χ0n) is 22.0. The molecule has 10 nitrogen and oxygen atoms in total. The molecular formula is C26H31N3O7S2. The molecule has 12 heteroatoms. The first-order chi connectivity index (χ1) is 17.7. The summed E-state index contributed by atoms with van der Waals surface area (Å²) in [5, 5.41) is 2.66. The summed E-state index contributed by atoms with van der Waals surface area (Å²) in [7, 11) is -4.90. The Bertz CT molecular complexity index is 1520. The fourth-order valence-electron chi connectivity index (χ4n) is 3.95. The Kier molecular flexibility index (Phi) is 8.58. The number of amides is 1. The summed E-state index contributed by atoms with van der Waals surface area (Å²) in [6.07, 6.45) is 1.04. The Morgan fingerprint density at radius 2 is 1.47 bits per heavy atom. The number of hydrogen-bond acceptors (Lipinski definition) is 7. The molecule has 0 bridgehead atoms. The molecule has 204 valence electrons. The van der Waals surface area contributed by atoms with Crippen molar-refractivity contribution in [1.29, 1.82) is 0 Å². The van der Waals surface area contributed by atoms with E-state index in [0.29, 0.717) is 22.9 Å². The predicted molar refractivity (Wildman–Crippen MR) is 148 cm³/mol. The van der Waals surface area contributed by atoms with E-state index < -0.39 is 32.0 Å². The molecule has 0 unspecified atom stereocenters. The van der Waals surface area contributed by atoms with Gasteiger partial charge in [0.25, 0.3) is 10.0 Å². The summed E-state index contributed by atoms with van der Waals surface area (Å²) in [6, 6.07) is 14.4. The highest BCUT2D eigenvalue weighted by atomic mass is 32.2. The normalized spacial score (nSPS) is 12.4. The van der Waals surface area contributed by atoms with Crippen LogP contribution < -0.4 is 23.8 Å². The lowest BCUT2D eigenvalue weighted by atomic mass is 10.1. The van der Waals surface area contributed by atoms with Crippen LogP contribution in [-0.2, 0) is 24.8 Å². The van der Waals surface area contributed by atoms with E-state index in [1.807, 2.05) is 19.9 Å². The van der Waals surface area contributed by atoms with E-state index in [-0.39, 0.29) is 10.6 Å². The van der Waals surface area contributed by atoms with Gasteiger partial charge >= 0.3 is 0 Å². The van der Waals surface area contributed by atoms with Crippen molar-refractivity contribution in [2.45, 2.75) is 31.7 Å². The number of aryl methyl sites for hydroxylation is 2. The topological polar surface area (TPSA) is 131 Å². The van der Waals surface area contributed by atoms with Crippen LogP contribution in [0.15, 0.2) is 65.6 Å². The van der Waals surface area contributed by atoms with Gasteiger partial charge in [-0.2, -0.15) is 0 Å². The summed E-state index contributed by atoms with van der Waals surface area (Å²) in [5.41, 5.74) is 2.60. The van der Waals surface area contributed by atoms with E-state index in [9.17, 15) is 21.6 Å². The molecule has 1 amide bonds. The third-order valence-corrected chi connectivity index (χ3v) is 8.26. The molecular weight excluding hydrogens is 530 g/mol. The fraction of sp³-hybridized carbons (Fsp3) is 0.269. The number of carbonyl (C=O) groups is 1. The first-order valence-electron chi connectivity index (χ1n) is 11.5. The molecule has 2 N–H and O–H groups in total. The van der Waals surface area contributed by atoms with Crippen molar-refractivity contribution in [2.75, 3.05) is 34.8 Å². The standard InChI is InChI=1S/C26H31N3O7S2/c1-17-13-18(2)15-21(14-17)29(37(6,31)32)19(3)26(30)27-20-7-10-23(11-8-20)38(33,34)28-24-16-22(35-4)9-12-25(24)36-5/h7-16,19,28H,1-6H3,(H,27,30)/t19-/m1/s1. The van der Waals surface area contributed by atoms with E-state index in [1.54, 1.807) is 24.3 Å². The summed E-state index contributed by atoms with van der Waals surface area (Å²) in [6.45, 7) is 5.17. The summed E-state index contributed by atoms with van der Waals surface area (Å²) >= 11 is 0. The SMILES string of the molecule is COc1ccc(OC)c(NS(=O)(=O)c2ccc(NC(=O)[C@@H](C)N(c3cc(C)cc(C)c3)S(C)(=O)=O)cc2)c1. The van der Waals surface area contributed by atoms with Gasteiger partial charge in [0.05, 0.1) is 36.7 Å². The minimum Gasteiger partial charge on any atom is -0.497 e.